The molecule has 20 heavy (non-hydrogen) atoms. The number of hydrogen-bond acceptors (Lipinski definition) is 3. The lowest BCUT2D eigenvalue weighted by atomic mass is 9.67. The number of rotatable bonds is 4. The van der Waals surface area contributed by atoms with Gasteiger partial charge in [0.2, 0.25) is 0 Å². The molecule has 0 unspecified atom stereocenters. The van der Waals surface area contributed by atoms with Crippen LogP contribution in [0.2, 0.25) is 0 Å². The summed E-state index contributed by atoms with van der Waals surface area (Å²) in [7, 11) is 1.67. The van der Waals surface area contributed by atoms with Gasteiger partial charge in [-0.2, -0.15) is 5.26 Å². The zero-order valence-electron chi connectivity index (χ0n) is 12.6. The smallest absolute Gasteiger partial charge is 0.118 e. The molecule has 1 aliphatic rings. The summed E-state index contributed by atoms with van der Waals surface area (Å²) in [5.41, 5.74) is 1.00. The first-order chi connectivity index (χ1) is 9.57. The van der Waals surface area contributed by atoms with Crippen molar-refractivity contribution in [3.05, 3.63) is 29.8 Å². The fourth-order valence-electron chi connectivity index (χ4n) is 3.17. The van der Waals surface area contributed by atoms with Crippen LogP contribution in [0.25, 0.3) is 0 Å². The Labute approximate surface area is 121 Å². The second-order valence-electron chi connectivity index (χ2n) is 5.92. The van der Waals surface area contributed by atoms with Gasteiger partial charge >= 0.3 is 0 Å². The molecule has 2 atom stereocenters. The van der Waals surface area contributed by atoms with Crippen molar-refractivity contribution in [1.29, 1.82) is 5.26 Å². The van der Waals surface area contributed by atoms with Gasteiger partial charge in [-0.15, -0.1) is 0 Å². The minimum Gasteiger partial charge on any atom is -0.497 e. The van der Waals surface area contributed by atoms with E-state index in [0.29, 0.717) is 6.42 Å². The van der Waals surface area contributed by atoms with Crippen LogP contribution in [0.1, 0.15) is 45.1 Å². The first-order valence-electron chi connectivity index (χ1n) is 7.23. The molecule has 0 radical (unpaired) electrons. The van der Waals surface area contributed by atoms with Gasteiger partial charge in [-0.25, -0.2) is 0 Å². The van der Waals surface area contributed by atoms with Gasteiger partial charge < -0.3 is 9.47 Å². The lowest BCUT2D eigenvalue weighted by Gasteiger charge is -2.45. The second-order valence-corrected chi connectivity index (χ2v) is 5.92. The maximum atomic E-state index is 9.27. The maximum Gasteiger partial charge on any atom is 0.118 e. The Morgan fingerprint density at radius 2 is 2.05 bits per heavy atom. The van der Waals surface area contributed by atoms with Crippen LogP contribution < -0.4 is 4.74 Å². The standard InChI is InChI=1S/C17H23NO2/c1-4-16(2)13-17(9-11-18,10-12-20-16)14-5-7-15(19-3)8-6-14/h5-8H,4,9-10,12-13H2,1-3H3/t16-,17-/m0/s1. The van der Waals surface area contributed by atoms with Gasteiger partial charge in [-0.1, -0.05) is 19.1 Å². The highest BCUT2D eigenvalue weighted by atomic mass is 16.5. The van der Waals surface area contributed by atoms with Crippen molar-refractivity contribution in [1.82, 2.24) is 0 Å². The molecule has 2 rings (SSSR count). The predicted octanol–water partition coefficient (Wildman–Crippen LogP) is 3.83. The van der Waals surface area contributed by atoms with Crippen LogP contribution in [0, 0.1) is 11.3 Å². The van der Waals surface area contributed by atoms with Crippen LogP contribution in [0.5, 0.6) is 5.75 Å². The van der Waals surface area contributed by atoms with E-state index in [9.17, 15) is 5.26 Å². The van der Waals surface area contributed by atoms with Crippen LogP contribution in [-0.2, 0) is 10.2 Å². The van der Waals surface area contributed by atoms with Crippen LogP contribution >= 0.6 is 0 Å². The van der Waals surface area contributed by atoms with Crippen molar-refractivity contribution in [2.45, 2.75) is 50.5 Å². The molecule has 0 spiro atoms. The summed E-state index contributed by atoms with van der Waals surface area (Å²) < 4.78 is 11.2. The number of hydrogen-bond donors (Lipinski definition) is 0. The third-order valence-corrected chi connectivity index (χ3v) is 4.61. The van der Waals surface area contributed by atoms with Crippen LogP contribution in [0.3, 0.4) is 0 Å². The molecule has 1 aromatic rings. The van der Waals surface area contributed by atoms with Gasteiger partial charge in [0.05, 0.1) is 18.8 Å². The molecule has 1 heterocycles. The van der Waals surface area contributed by atoms with Crippen LogP contribution in [-0.4, -0.2) is 19.3 Å². The summed E-state index contributed by atoms with van der Waals surface area (Å²) in [6, 6.07) is 10.5. The average Bonchev–Trinajstić information content (AvgIpc) is 2.48. The van der Waals surface area contributed by atoms with Crippen molar-refractivity contribution in [3.63, 3.8) is 0 Å². The van der Waals surface area contributed by atoms with Crippen molar-refractivity contribution in [3.8, 4) is 11.8 Å². The molecule has 0 aromatic heterocycles. The molecule has 0 amide bonds. The molecule has 108 valence electrons. The summed E-state index contributed by atoms with van der Waals surface area (Å²) in [5, 5.41) is 9.27. The molecule has 1 fully saturated rings. The van der Waals surface area contributed by atoms with Gasteiger partial charge in [0, 0.05) is 18.4 Å². The Morgan fingerprint density at radius 3 is 2.60 bits per heavy atom. The first kappa shape index (κ1) is 14.9. The van der Waals surface area contributed by atoms with Gasteiger partial charge in [-0.3, -0.25) is 0 Å². The highest BCUT2D eigenvalue weighted by Gasteiger charge is 2.43. The third-order valence-electron chi connectivity index (χ3n) is 4.61. The molecular formula is C17H23NO2. The quantitative estimate of drug-likeness (QED) is 0.837. The van der Waals surface area contributed by atoms with E-state index in [0.717, 1.165) is 31.6 Å². The van der Waals surface area contributed by atoms with E-state index in [1.165, 1.54) is 5.56 Å². The number of ether oxygens (including phenoxy) is 2. The summed E-state index contributed by atoms with van der Waals surface area (Å²) in [6.45, 7) is 5.02. The third kappa shape index (κ3) is 2.81. The highest BCUT2D eigenvalue weighted by molar-refractivity contribution is 5.34. The molecule has 1 saturated heterocycles. The topological polar surface area (TPSA) is 42.2 Å². The zero-order valence-corrected chi connectivity index (χ0v) is 12.6. The van der Waals surface area contributed by atoms with Crippen LogP contribution in [0.4, 0.5) is 0 Å². The summed E-state index contributed by atoms with van der Waals surface area (Å²) >= 11 is 0. The maximum absolute atomic E-state index is 9.27. The average molecular weight is 273 g/mol. The van der Waals surface area contributed by atoms with Crippen molar-refractivity contribution >= 4 is 0 Å². The Kier molecular flexibility index (Phi) is 4.35. The Morgan fingerprint density at radius 1 is 1.35 bits per heavy atom. The van der Waals surface area contributed by atoms with Gasteiger partial charge in [-0.05, 0) is 43.9 Å². The highest BCUT2D eigenvalue weighted by Crippen LogP contribution is 2.45. The Hall–Kier alpha value is -1.53. The second kappa shape index (κ2) is 5.85. The lowest BCUT2D eigenvalue weighted by molar-refractivity contribution is -0.0957. The normalized spacial score (nSPS) is 29.7. The van der Waals surface area contributed by atoms with E-state index in [4.69, 9.17) is 9.47 Å². The molecule has 1 aliphatic heterocycles. The van der Waals surface area contributed by atoms with E-state index in [1.807, 2.05) is 12.1 Å². The molecule has 1 aromatic carbocycles. The zero-order chi connectivity index (χ0) is 14.6. The fraction of sp³-hybridized carbons (Fsp3) is 0.588. The summed E-state index contributed by atoms with van der Waals surface area (Å²) in [5.74, 6) is 0.853. The predicted molar refractivity (Wildman–Crippen MR) is 78.8 cm³/mol. The number of benzene rings is 1. The van der Waals surface area contributed by atoms with E-state index in [-0.39, 0.29) is 11.0 Å². The molecule has 3 heteroatoms. The molecular weight excluding hydrogens is 250 g/mol. The first-order valence-corrected chi connectivity index (χ1v) is 7.23. The van der Waals surface area contributed by atoms with E-state index in [2.05, 4.69) is 32.0 Å². The molecule has 0 saturated carbocycles. The van der Waals surface area contributed by atoms with Crippen molar-refractivity contribution < 1.29 is 9.47 Å². The Bertz CT molecular complexity index is 491. The van der Waals surface area contributed by atoms with E-state index < -0.39 is 0 Å². The van der Waals surface area contributed by atoms with Gasteiger partial charge in [0.1, 0.15) is 5.75 Å². The Balaban J connectivity index is 2.35. The minimum atomic E-state index is -0.130. The number of nitrogens with zero attached hydrogens (tertiary/aromatic N) is 1. The van der Waals surface area contributed by atoms with E-state index in [1.54, 1.807) is 7.11 Å². The van der Waals surface area contributed by atoms with Crippen molar-refractivity contribution in [2.75, 3.05) is 13.7 Å². The SMILES string of the molecule is CC[C@@]1(C)C[C@@](CC#N)(c2ccc(OC)cc2)CCO1. The van der Waals surface area contributed by atoms with Gasteiger partial charge in [0.15, 0.2) is 0 Å². The van der Waals surface area contributed by atoms with Crippen LogP contribution in [0.15, 0.2) is 24.3 Å². The van der Waals surface area contributed by atoms with Gasteiger partial charge in [0.25, 0.3) is 0 Å². The summed E-state index contributed by atoms with van der Waals surface area (Å²) in [6.07, 6.45) is 3.31. The lowest BCUT2D eigenvalue weighted by Crippen LogP contribution is -2.45. The minimum absolute atomic E-state index is 0.0932. The molecule has 0 aliphatic carbocycles. The van der Waals surface area contributed by atoms with Crippen molar-refractivity contribution in [2.24, 2.45) is 0 Å². The number of methoxy groups -OCH3 is 1. The molecule has 3 nitrogen and oxygen atoms in total. The molecule has 0 N–H and O–H groups in total. The fourth-order valence-corrected chi connectivity index (χ4v) is 3.17. The monoisotopic (exact) mass is 273 g/mol. The van der Waals surface area contributed by atoms with E-state index >= 15 is 0 Å². The number of nitriles is 1. The molecule has 0 bridgehead atoms. The summed E-state index contributed by atoms with van der Waals surface area (Å²) in [4.78, 5) is 0. The largest absolute Gasteiger partial charge is 0.497 e.